The van der Waals surface area contributed by atoms with Crippen LogP contribution in [0.4, 0.5) is 17.6 Å². The molecular formula is C26H28F4N2O4. The van der Waals surface area contributed by atoms with E-state index in [4.69, 9.17) is 9.47 Å². The number of halogens is 4. The second-order valence-electron chi connectivity index (χ2n) is 9.29. The predicted octanol–water partition coefficient (Wildman–Crippen LogP) is 4.15. The molecule has 0 unspecified atom stereocenters. The van der Waals surface area contributed by atoms with E-state index in [0.29, 0.717) is 11.3 Å². The highest BCUT2D eigenvalue weighted by Crippen LogP contribution is 2.52. The van der Waals surface area contributed by atoms with E-state index in [0.717, 1.165) is 12.0 Å². The summed E-state index contributed by atoms with van der Waals surface area (Å²) in [5.74, 6) is -2.03. The second kappa shape index (κ2) is 9.72. The number of amides is 2. The molecule has 0 bridgehead atoms. The Balaban J connectivity index is 1.66. The highest BCUT2D eigenvalue weighted by molar-refractivity contribution is 5.88. The van der Waals surface area contributed by atoms with Crippen LogP contribution in [-0.2, 0) is 19.9 Å². The third-order valence-corrected chi connectivity index (χ3v) is 7.57. The molecular weight excluding hydrogens is 480 g/mol. The normalized spacial score (nSPS) is 21.6. The molecule has 2 aromatic rings. The molecule has 0 aromatic heterocycles. The lowest BCUT2D eigenvalue weighted by Gasteiger charge is -2.50. The molecule has 0 radical (unpaired) electrons. The number of alkyl halides is 3. The van der Waals surface area contributed by atoms with Crippen LogP contribution in [0.25, 0.3) is 0 Å². The van der Waals surface area contributed by atoms with Gasteiger partial charge in [-0.25, -0.2) is 4.39 Å². The first-order chi connectivity index (χ1) is 17.1. The molecule has 2 amide bonds. The lowest BCUT2D eigenvalue weighted by atomic mass is 9.62. The molecule has 6 nitrogen and oxygen atoms in total. The summed E-state index contributed by atoms with van der Waals surface area (Å²) in [5, 5.41) is 2.78. The van der Waals surface area contributed by atoms with E-state index in [1.54, 1.807) is 12.1 Å². The number of carbonyl (C=O) groups excluding carboxylic acids is 2. The van der Waals surface area contributed by atoms with Gasteiger partial charge in [-0.15, -0.1) is 0 Å². The van der Waals surface area contributed by atoms with E-state index >= 15 is 0 Å². The zero-order chi connectivity index (χ0) is 26.1. The molecule has 2 aliphatic heterocycles. The maximum absolute atomic E-state index is 15.0. The molecule has 194 valence electrons. The van der Waals surface area contributed by atoms with Crippen molar-refractivity contribution in [2.45, 2.75) is 37.0 Å². The lowest BCUT2D eigenvalue weighted by molar-refractivity contribution is -0.271. The summed E-state index contributed by atoms with van der Waals surface area (Å²) in [7, 11) is 2.30. The molecule has 2 fully saturated rings. The zero-order valence-corrected chi connectivity index (χ0v) is 20.0. The van der Waals surface area contributed by atoms with Crippen molar-refractivity contribution in [2.24, 2.45) is 5.41 Å². The van der Waals surface area contributed by atoms with Crippen LogP contribution in [0.2, 0.25) is 0 Å². The van der Waals surface area contributed by atoms with Crippen LogP contribution in [0, 0.1) is 11.2 Å². The number of methoxy groups -OCH3 is 2. The first-order valence-electron chi connectivity index (χ1n) is 11.7. The molecule has 10 heteroatoms. The largest absolute Gasteiger partial charge is 0.496 e. The minimum atomic E-state index is -5.01. The number of benzene rings is 2. The van der Waals surface area contributed by atoms with Gasteiger partial charge in [0.05, 0.1) is 7.11 Å². The number of likely N-dealkylation sites (tertiary alicyclic amines) is 1. The molecule has 0 aliphatic carbocycles. The first-order valence-corrected chi connectivity index (χ1v) is 11.7. The summed E-state index contributed by atoms with van der Waals surface area (Å²) in [6, 6.07) is 11.3. The van der Waals surface area contributed by atoms with Crippen LogP contribution in [0.1, 0.15) is 36.3 Å². The fraction of sp³-hybridized carbons (Fsp3) is 0.462. The van der Waals surface area contributed by atoms with Gasteiger partial charge in [0.15, 0.2) is 0 Å². The fourth-order valence-corrected chi connectivity index (χ4v) is 5.68. The average molecular weight is 509 g/mol. The topological polar surface area (TPSA) is 67.9 Å². The van der Waals surface area contributed by atoms with Gasteiger partial charge in [0.2, 0.25) is 5.91 Å². The predicted molar refractivity (Wildman–Crippen MR) is 123 cm³/mol. The molecule has 2 aliphatic rings. The van der Waals surface area contributed by atoms with E-state index < -0.39 is 34.8 Å². The Labute approximate surface area is 206 Å². The van der Waals surface area contributed by atoms with Gasteiger partial charge in [-0.3, -0.25) is 9.59 Å². The standard InChI is InChI=1S/C26H28F4N2O4/c1-35-20-10-6-9-19(27)22(20)18-16-31-21(33)15-24(18)11-13-32(14-12-24)23(34)25(36-2,26(28,29)30)17-7-4-3-5-8-17/h3-10,18H,11-16H2,1-2H3,(H,31,33)/t18-,25+/m0/s1. The first kappa shape index (κ1) is 25.9. The SMILES string of the molecule is COc1cccc(F)c1[C@@H]1CNC(=O)CC12CCN(C(=O)[C@](OC)(c1ccccc1)C(F)(F)F)CC2. The van der Waals surface area contributed by atoms with E-state index in [-0.39, 0.29) is 50.4 Å². The number of ether oxygens (including phenoxy) is 2. The summed E-state index contributed by atoms with van der Waals surface area (Å²) in [6.07, 6.45) is -4.49. The van der Waals surface area contributed by atoms with Gasteiger partial charge in [0.25, 0.3) is 11.5 Å². The number of nitrogens with one attached hydrogen (secondary N) is 1. The Bertz CT molecular complexity index is 1120. The van der Waals surface area contributed by atoms with Crippen LogP contribution in [0.15, 0.2) is 48.5 Å². The van der Waals surface area contributed by atoms with Crippen LogP contribution >= 0.6 is 0 Å². The number of nitrogens with zero attached hydrogens (tertiary/aromatic N) is 1. The van der Waals surface area contributed by atoms with Gasteiger partial charge >= 0.3 is 6.18 Å². The molecule has 1 N–H and O–H groups in total. The zero-order valence-electron chi connectivity index (χ0n) is 20.0. The van der Waals surface area contributed by atoms with E-state index in [9.17, 15) is 27.2 Å². The molecule has 2 saturated heterocycles. The third kappa shape index (κ3) is 4.21. The van der Waals surface area contributed by atoms with Crippen molar-refractivity contribution >= 4 is 11.8 Å². The number of rotatable bonds is 5. The van der Waals surface area contributed by atoms with E-state index in [1.165, 1.54) is 43.5 Å². The molecule has 4 rings (SSSR count). The Kier molecular flexibility index (Phi) is 7.01. The maximum atomic E-state index is 15.0. The highest BCUT2D eigenvalue weighted by atomic mass is 19.4. The third-order valence-electron chi connectivity index (χ3n) is 7.57. The van der Waals surface area contributed by atoms with Crippen molar-refractivity contribution in [3.63, 3.8) is 0 Å². The monoisotopic (exact) mass is 508 g/mol. The van der Waals surface area contributed by atoms with Crippen molar-refractivity contribution in [1.29, 1.82) is 0 Å². The Morgan fingerprint density at radius 1 is 1.06 bits per heavy atom. The van der Waals surface area contributed by atoms with Crippen LogP contribution in [-0.4, -0.2) is 56.7 Å². The van der Waals surface area contributed by atoms with Gasteiger partial charge in [-0.05, 0) is 30.4 Å². The Morgan fingerprint density at radius 2 is 1.72 bits per heavy atom. The lowest BCUT2D eigenvalue weighted by Crippen LogP contribution is -2.60. The summed E-state index contributed by atoms with van der Waals surface area (Å²) < 4.78 is 68.5. The van der Waals surface area contributed by atoms with E-state index in [1.807, 2.05) is 0 Å². The van der Waals surface area contributed by atoms with Crippen LogP contribution in [0.5, 0.6) is 5.75 Å². The summed E-state index contributed by atoms with van der Waals surface area (Å²) in [4.78, 5) is 27.0. The van der Waals surface area contributed by atoms with Crippen molar-refractivity contribution in [3.8, 4) is 5.75 Å². The van der Waals surface area contributed by atoms with Crippen LogP contribution < -0.4 is 10.1 Å². The fourth-order valence-electron chi connectivity index (χ4n) is 5.68. The van der Waals surface area contributed by atoms with Crippen molar-refractivity contribution < 1.29 is 36.6 Å². The average Bonchev–Trinajstić information content (AvgIpc) is 2.85. The van der Waals surface area contributed by atoms with Crippen LogP contribution in [0.3, 0.4) is 0 Å². The minimum absolute atomic E-state index is 0.0343. The maximum Gasteiger partial charge on any atom is 0.430 e. The number of hydrogen-bond acceptors (Lipinski definition) is 4. The van der Waals surface area contributed by atoms with E-state index in [2.05, 4.69) is 5.32 Å². The molecule has 2 heterocycles. The van der Waals surface area contributed by atoms with Crippen molar-refractivity contribution in [3.05, 3.63) is 65.5 Å². The summed E-state index contributed by atoms with van der Waals surface area (Å²) >= 11 is 0. The highest BCUT2D eigenvalue weighted by Gasteiger charge is 2.64. The smallest absolute Gasteiger partial charge is 0.430 e. The molecule has 0 saturated carbocycles. The quantitative estimate of drug-likeness (QED) is 0.617. The Hall–Kier alpha value is -3.14. The number of piperidine rings is 2. The van der Waals surface area contributed by atoms with Crippen molar-refractivity contribution in [1.82, 2.24) is 10.2 Å². The summed E-state index contributed by atoms with van der Waals surface area (Å²) in [6.45, 7) is 0.0967. The van der Waals surface area contributed by atoms with Gasteiger partial charge in [0, 0.05) is 50.2 Å². The van der Waals surface area contributed by atoms with Gasteiger partial charge in [-0.1, -0.05) is 36.4 Å². The van der Waals surface area contributed by atoms with Gasteiger partial charge in [0.1, 0.15) is 11.6 Å². The molecule has 36 heavy (non-hydrogen) atoms. The number of carbonyl (C=O) groups is 2. The van der Waals surface area contributed by atoms with Crippen molar-refractivity contribution in [2.75, 3.05) is 33.9 Å². The minimum Gasteiger partial charge on any atom is -0.496 e. The number of hydrogen-bond donors (Lipinski definition) is 1. The summed E-state index contributed by atoms with van der Waals surface area (Å²) in [5.41, 5.74) is -3.88. The van der Waals surface area contributed by atoms with Gasteiger partial charge < -0.3 is 19.7 Å². The second-order valence-corrected chi connectivity index (χ2v) is 9.29. The van der Waals surface area contributed by atoms with Gasteiger partial charge in [-0.2, -0.15) is 13.2 Å². The Morgan fingerprint density at radius 3 is 2.31 bits per heavy atom. The molecule has 2 aromatic carbocycles. The molecule has 2 atom stereocenters. The molecule has 1 spiro atoms.